The van der Waals surface area contributed by atoms with Crippen LogP contribution in [0.15, 0.2) is 12.5 Å². The SMILES string of the molecule is Nc1cncnc1NCC1CCCC1. The molecule has 0 unspecified atom stereocenters. The monoisotopic (exact) mass is 192 g/mol. The van der Waals surface area contributed by atoms with Crippen LogP contribution in [0.1, 0.15) is 25.7 Å². The van der Waals surface area contributed by atoms with Gasteiger partial charge in [-0.1, -0.05) is 12.8 Å². The quantitative estimate of drug-likeness (QED) is 0.764. The Hall–Kier alpha value is -1.32. The van der Waals surface area contributed by atoms with Crippen LogP contribution in [-0.2, 0) is 0 Å². The summed E-state index contributed by atoms with van der Waals surface area (Å²) in [6.45, 7) is 0.987. The molecule has 1 aliphatic rings. The summed E-state index contributed by atoms with van der Waals surface area (Å²) < 4.78 is 0. The first-order valence-corrected chi connectivity index (χ1v) is 5.15. The van der Waals surface area contributed by atoms with Crippen LogP contribution in [0.2, 0.25) is 0 Å². The molecule has 76 valence electrons. The molecule has 0 spiro atoms. The lowest BCUT2D eigenvalue weighted by Gasteiger charge is -2.11. The van der Waals surface area contributed by atoms with Crippen molar-refractivity contribution < 1.29 is 0 Å². The molecule has 1 aromatic heterocycles. The molecule has 4 nitrogen and oxygen atoms in total. The molecule has 0 amide bonds. The average molecular weight is 192 g/mol. The van der Waals surface area contributed by atoms with Crippen LogP contribution in [0.25, 0.3) is 0 Å². The zero-order valence-electron chi connectivity index (χ0n) is 8.24. The summed E-state index contributed by atoms with van der Waals surface area (Å²) in [4.78, 5) is 7.94. The normalized spacial score (nSPS) is 17.1. The van der Waals surface area contributed by atoms with Crippen molar-refractivity contribution in [3.8, 4) is 0 Å². The minimum atomic E-state index is 0.630. The molecule has 1 fully saturated rings. The molecule has 3 N–H and O–H groups in total. The van der Waals surface area contributed by atoms with Crippen molar-refractivity contribution in [2.24, 2.45) is 5.92 Å². The van der Waals surface area contributed by atoms with E-state index in [9.17, 15) is 0 Å². The van der Waals surface area contributed by atoms with Gasteiger partial charge in [0, 0.05) is 6.54 Å². The van der Waals surface area contributed by atoms with Gasteiger partial charge in [0.25, 0.3) is 0 Å². The second-order valence-corrected chi connectivity index (χ2v) is 3.86. The van der Waals surface area contributed by atoms with Crippen LogP contribution in [-0.4, -0.2) is 16.5 Å². The Morgan fingerprint density at radius 2 is 2.21 bits per heavy atom. The van der Waals surface area contributed by atoms with E-state index in [1.807, 2.05) is 0 Å². The first kappa shape index (κ1) is 9.24. The van der Waals surface area contributed by atoms with Gasteiger partial charge in [-0.3, -0.25) is 0 Å². The van der Waals surface area contributed by atoms with Crippen LogP contribution >= 0.6 is 0 Å². The predicted octanol–water partition coefficient (Wildman–Crippen LogP) is 1.66. The Bertz CT molecular complexity index is 294. The minimum Gasteiger partial charge on any atom is -0.394 e. The lowest BCUT2D eigenvalue weighted by atomic mass is 10.1. The maximum atomic E-state index is 5.72. The number of rotatable bonds is 3. The van der Waals surface area contributed by atoms with Crippen LogP contribution in [0.3, 0.4) is 0 Å². The smallest absolute Gasteiger partial charge is 0.152 e. The summed E-state index contributed by atoms with van der Waals surface area (Å²) in [5.74, 6) is 1.57. The molecule has 0 bridgehead atoms. The molecular weight excluding hydrogens is 176 g/mol. The molecule has 0 aliphatic heterocycles. The zero-order chi connectivity index (χ0) is 9.80. The van der Waals surface area contributed by atoms with Crippen LogP contribution in [0, 0.1) is 5.92 Å². The molecule has 0 saturated heterocycles. The lowest BCUT2D eigenvalue weighted by molar-refractivity contribution is 0.579. The third-order valence-corrected chi connectivity index (χ3v) is 2.77. The highest BCUT2D eigenvalue weighted by Gasteiger charge is 2.14. The van der Waals surface area contributed by atoms with Gasteiger partial charge in [0.1, 0.15) is 6.33 Å². The lowest BCUT2D eigenvalue weighted by Crippen LogP contribution is -2.13. The summed E-state index contributed by atoms with van der Waals surface area (Å²) in [5, 5.41) is 3.28. The second kappa shape index (κ2) is 4.26. The molecule has 1 aliphatic carbocycles. The van der Waals surface area contributed by atoms with Gasteiger partial charge >= 0.3 is 0 Å². The Balaban J connectivity index is 1.88. The topological polar surface area (TPSA) is 63.8 Å². The fraction of sp³-hybridized carbons (Fsp3) is 0.600. The van der Waals surface area contributed by atoms with E-state index in [-0.39, 0.29) is 0 Å². The molecule has 14 heavy (non-hydrogen) atoms. The largest absolute Gasteiger partial charge is 0.394 e. The molecule has 0 aromatic carbocycles. The molecule has 4 heteroatoms. The molecule has 0 radical (unpaired) electrons. The van der Waals surface area contributed by atoms with Crippen LogP contribution in [0.5, 0.6) is 0 Å². The van der Waals surface area contributed by atoms with Gasteiger partial charge in [-0.2, -0.15) is 0 Å². The minimum absolute atomic E-state index is 0.630. The fourth-order valence-corrected chi connectivity index (χ4v) is 1.94. The molecule has 1 heterocycles. The number of anilines is 2. The van der Waals surface area contributed by atoms with Crippen molar-refractivity contribution in [1.29, 1.82) is 0 Å². The van der Waals surface area contributed by atoms with Crippen LogP contribution in [0.4, 0.5) is 11.5 Å². The Labute approximate surface area is 83.9 Å². The number of nitrogens with zero attached hydrogens (tertiary/aromatic N) is 2. The molecule has 1 saturated carbocycles. The van der Waals surface area contributed by atoms with E-state index < -0.39 is 0 Å². The van der Waals surface area contributed by atoms with Gasteiger partial charge in [-0.05, 0) is 18.8 Å². The first-order chi connectivity index (χ1) is 6.86. The standard InChI is InChI=1S/C10H16N4/c11-9-6-12-7-14-10(9)13-5-8-3-1-2-4-8/h6-8H,1-5,11H2,(H,12,13,14). The van der Waals surface area contributed by atoms with E-state index >= 15 is 0 Å². The zero-order valence-corrected chi connectivity index (χ0v) is 8.24. The highest BCUT2D eigenvalue weighted by molar-refractivity contribution is 5.58. The highest BCUT2D eigenvalue weighted by atomic mass is 15.0. The van der Waals surface area contributed by atoms with Crippen molar-refractivity contribution >= 4 is 11.5 Å². The van der Waals surface area contributed by atoms with E-state index in [0.29, 0.717) is 5.69 Å². The van der Waals surface area contributed by atoms with E-state index in [4.69, 9.17) is 5.73 Å². The molecule has 2 rings (SSSR count). The Kier molecular flexibility index (Phi) is 2.81. The Morgan fingerprint density at radius 1 is 1.43 bits per heavy atom. The Morgan fingerprint density at radius 3 is 2.93 bits per heavy atom. The highest BCUT2D eigenvalue weighted by Crippen LogP contribution is 2.25. The first-order valence-electron chi connectivity index (χ1n) is 5.15. The number of nitrogen functional groups attached to an aromatic ring is 1. The van der Waals surface area contributed by atoms with Gasteiger partial charge in [-0.25, -0.2) is 9.97 Å². The van der Waals surface area contributed by atoms with Crippen molar-refractivity contribution in [3.63, 3.8) is 0 Å². The van der Waals surface area contributed by atoms with Crippen molar-refractivity contribution in [3.05, 3.63) is 12.5 Å². The van der Waals surface area contributed by atoms with Gasteiger partial charge < -0.3 is 11.1 Å². The number of nitrogens with one attached hydrogen (secondary N) is 1. The van der Waals surface area contributed by atoms with E-state index in [1.54, 1.807) is 6.20 Å². The average Bonchev–Trinajstić information content (AvgIpc) is 2.69. The van der Waals surface area contributed by atoms with Gasteiger partial charge in [-0.15, -0.1) is 0 Å². The summed E-state index contributed by atoms with van der Waals surface area (Å²) in [6.07, 6.45) is 8.55. The van der Waals surface area contributed by atoms with E-state index in [1.165, 1.54) is 32.0 Å². The third kappa shape index (κ3) is 2.13. The molecular formula is C10H16N4. The number of nitrogens with two attached hydrogens (primary N) is 1. The number of aromatic nitrogens is 2. The summed E-state index contributed by atoms with van der Waals surface area (Å²) in [5.41, 5.74) is 6.35. The number of hydrogen-bond acceptors (Lipinski definition) is 4. The maximum absolute atomic E-state index is 5.72. The van der Waals surface area contributed by atoms with E-state index in [0.717, 1.165) is 18.3 Å². The van der Waals surface area contributed by atoms with E-state index in [2.05, 4.69) is 15.3 Å². The van der Waals surface area contributed by atoms with Gasteiger partial charge in [0.15, 0.2) is 5.82 Å². The number of hydrogen-bond donors (Lipinski definition) is 2. The summed E-state index contributed by atoms with van der Waals surface area (Å²) in [7, 11) is 0. The van der Waals surface area contributed by atoms with Crippen molar-refractivity contribution in [2.45, 2.75) is 25.7 Å². The van der Waals surface area contributed by atoms with Crippen molar-refractivity contribution in [1.82, 2.24) is 9.97 Å². The molecule has 0 atom stereocenters. The predicted molar refractivity (Wildman–Crippen MR) is 56.9 cm³/mol. The van der Waals surface area contributed by atoms with Gasteiger partial charge in [0.05, 0.1) is 11.9 Å². The van der Waals surface area contributed by atoms with Crippen molar-refractivity contribution in [2.75, 3.05) is 17.6 Å². The fourth-order valence-electron chi connectivity index (χ4n) is 1.94. The summed E-state index contributed by atoms with van der Waals surface area (Å²) >= 11 is 0. The maximum Gasteiger partial charge on any atom is 0.152 e. The summed E-state index contributed by atoms with van der Waals surface area (Å²) in [6, 6.07) is 0. The third-order valence-electron chi connectivity index (χ3n) is 2.77. The van der Waals surface area contributed by atoms with Crippen LogP contribution < -0.4 is 11.1 Å². The van der Waals surface area contributed by atoms with Gasteiger partial charge in [0.2, 0.25) is 0 Å². The molecule has 1 aromatic rings. The second-order valence-electron chi connectivity index (χ2n) is 3.86.